The fourth-order valence-electron chi connectivity index (χ4n) is 3.07. The van der Waals surface area contributed by atoms with E-state index in [2.05, 4.69) is 10.3 Å². The third kappa shape index (κ3) is 6.05. The first-order valence-electron chi connectivity index (χ1n) is 9.88. The molecule has 1 aromatic heterocycles. The molecule has 1 aliphatic rings. The van der Waals surface area contributed by atoms with Gasteiger partial charge in [-0.05, 0) is 29.8 Å². The minimum atomic E-state index is -0.416. The Hall–Kier alpha value is -2.59. The van der Waals surface area contributed by atoms with E-state index in [1.165, 1.54) is 28.4 Å². The van der Waals surface area contributed by atoms with Crippen LogP contribution in [0.2, 0.25) is 5.02 Å². The Morgan fingerprint density at radius 3 is 2.73 bits per heavy atom. The average Bonchev–Trinajstić information content (AvgIpc) is 3.33. The van der Waals surface area contributed by atoms with Crippen molar-refractivity contribution in [2.24, 2.45) is 0 Å². The van der Waals surface area contributed by atoms with E-state index < -0.39 is 5.82 Å². The van der Waals surface area contributed by atoms with Crippen LogP contribution in [0.1, 0.15) is 22.4 Å². The number of nitrogens with one attached hydrogen (secondary N) is 1. The molecule has 1 N–H and O–H groups in total. The van der Waals surface area contributed by atoms with Crippen molar-refractivity contribution in [1.82, 2.24) is 9.88 Å². The number of benzene rings is 2. The number of amides is 2. The van der Waals surface area contributed by atoms with Crippen molar-refractivity contribution < 1.29 is 14.0 Å². The fourth-order valence-corrected chi connectivity index (χ4v) is 5.36. The van der Waals surface area contributed by atoms with E-state index >= 15 is 0 Å². The lowest BCUT2D eigenvalue weighted by Crippen LogP contribution is -2.31. The Balaban J connectivity index is 1.31. The summed E-state index contributed by atoms with van der Waals surface area (Å²) in [5.41, 5.74) is 1.41. The van der Waals surface area contributed by atoms with E-state index in [1.807, 2.05) is 24.3 Å². The van der Waals surface area contributed by atoms with Crippen molar-refractivity contribution >= 4 is 74.3 Å². The van der Waals surface area contributed by atoms with Crippen LogP contribution in [-0.4, -0.2) is 32.6 Å². The molecule has 0 aliphatic carbocycles. The van der Waals surface area contributed by atoms with Crippen LogP contribution in [0.5, 0.6) is 0 Å². The molecule has 0 atom stereocenters. The normalized spacial score (nSPS) is 14.8. The Morgan fingerprint density at radius 2 is 1.97 bits per heavy atom. The van der Waals surface area contributed by atoms with Crippen LogP contribution in [0, 0.1) is 5.82 Å². The summed E-state index contributed by atoms with van der Waals surface area (Å²) in [7, 11) is 0. The maximum atomic E-state index is 13.9. The van der Waals surface area contributed by atoms with Crippen molar-refractivity contribution in [3.05, 3.63) is 86.5 Å². The third-order valence-electron chi connectivity index (χ3n) is 4.72. The second kappa shape index (κ2) is 10.6. The largest absolute Gasteiger partial charge is 0.302 e. The molecule has 1 saturated heterocycles. The number of nitrogens with zero attached hydrogens (tertiary/aromatic N) is 2. The lowest BCUT2D eigenvalue weighted by molar-refractivity contribution is -0.122. The second-order valence-corrected chi connectivity index (χ2v) is 10.3. The van der Waals surface area contributed by atoms with E-state index in [0.717, 1.165) is 22.2 Å². The monoisotopic (exact) mass is 517 g/mol. The molecule has 168 valence electrons. The highest BCUT2D eigenvalue weighted by Gasteiger charge is 2.32. The molecule has 0 saturated carbocycles. The first-order valence-corrected chi connectivity index (χ1v) is 12.3. The van der Waals surface area contributed by atoms with E-state index in [4.69, 9.17) is 23.8 Å². The highest BCUT2D eigenvalue weighted by molar-refractivity contribution is 8.26. The van der Waals surface area contributed by atoms with Gasteiger partial charge in [0, 0.05) is 41.0 Å². The Kier molecular flexibility index (Phi) is 7.54. The number of anilines is 1. The van der Waals surface area contributed by atoms with Gasteiger partial charge in [-0.1, -0.05) is 65.9 Å². The average molecular weight is 518 g/mol. The van der Waals surface area contributed by atoms with Crippen LogP contribution < -0.4 is 5.32 Å². The van der Waals surface area contributed by atoms with Crippen LogP contribution in [-0.2, 0) is 16.0 Å². The summed E-state index contributed by atoms with van der Waals surface area (Å²) in [4.78, 5) is 32.0. The van der Waals surface area contributed by atoms with Crippen molar-refractivity contribution in [2.75, 3.05) is 11.9 Å². The van der Waals surface area contributed by atoms with Gasteiger partial charge in [-0.25, -0.2) is 9.37 Å². The predicted molar refractivity (Wildman–Crippen MR) is 136 cm³/mol. The van der Waals surface area contributed by atoms with Gasteiger partial charge in [0.15, 0.2) is 5.13 Å². The number of hydrogen-bond acceptors (Lipinski definition) is 6. The molecule has 1 fully saturated rings. The predicted octanol–water partition coefficient (Wildman–Crippen LogP) is 5.76. The molecule has 3 aromatic rings. The zero-order chi connectivity index (χ0) is 23.4. The molecule has 4 rings (SSSR count). The van der Waals surface area contributed by atoms with E-state index in [-0.39, 0.29) is 24.8 Å². The summed E-state index contributed by atoms with van der Waals surface area (Å²) in [5, 5.41) is 3.94. The Morgan fingerprint density at radius 1 is 1.21 bits per heavy atom. The number of hydrogen-bond donors (Lipinski definition) is 1. The summed E-state index contributed by atoms with van der Waals surface area (Å²) >= 11 is 13.7. The van der Waals surface area contributed by atoms with Crippen LogP contribution in [0.25, 0.3) is 6.08 Å². The van der Waals surface area contributed by atoms with Gasteiger partial charge in [-0.15, -0.1) is 11.3 Å². The fraction of sp³-hybridized carbons (Fsp3) is 0.130. The molecule has 2 aromatic carbocycles. The third-order valence-corrected chi connectivity index (χ3v) is 7.26. The van der Waals surface area contributed by atoms with Gasteiger partial charge < -0.3 is 5.32 Å². The minimum Gasteiger partial charge on any atom is -0.302 e. The number of carbonyl (C=O) groups excluding carboxylic acids is 2. The zero-order valence-corrected chi connectivity index (χ0v) is 20.3. The summed E-state index contributed by atoms with van der Waals surface area (Å²) in [5.74, 6) is -1.02. The van der Waals surface area contributed by atoms with E-state index in [0.29, 0.717) is 31.4 Å². The van der Waals surface area contributed by atoms with Crippen molar-refractivity contribution in [1.29, 1.82) is 0 Å². The Bertz CT molecular complexity index is 1240. The SMILES string of the molecule is O=C(CCN1C(=O)/C(=C\c2ccccc2F)SC1=S)Nc1ncc(Cc2ccc(Cl)cc2)s1. The van der Waals surface area contributed by atoms with Gasteiger partial charge >= 0.3 is 0 Å². The molecular weight excluding hydrogens is 501 g/mol. The summed E-state index contributed by atoms with van der Waals surface area (Å²) in [6.45, 7) is 0.133. The van der Waals surface area contributed by atoms with Gasteiger partial charge in [-0.3, -0.25) is 14.5 Å². The topological polar surface area (TPSA) is 62.3 Å². The van der Waals surface area contributed by atoms with E-state index in [9.17, 15) is 14.0 Å². The quantitative estimate of drug-likeness (QED) is 0.319. The summed E-state index contributed by atoms with van der Waals surface area (Å²) in [6, 6.07) is 13.8. The number of carbonyl (C=O) groups is 2. The van der Waals surface area contributed by atoms with Gasteiger partial charge in [0.2, 0.25) is 5.91 Å². The van der Waals surface area contributed by atoms with Crippen LogP contribution in [0.3, 0.4) is 0 Å². The summed E-state index contributed by atoms with van der Waals surface area (Å²) in [6.07, 6.45) is 3.96. The van der Waals surface area contributed by atoms with Crippen LogP contribution in [0.15, 0.2) is 59.6 Å². The minimum absolute atomic E-state index is 0.0610. The van der Waals surface area contributed by atoms with Crippen LogP contribution >= 0.6 is 46.9 Å². The maximum Gasteiger partial charge on any atom is 0.266 e. The van der Waals surface area contributed by atoms with Gasteiger partial charge in [0.1, 0.15) is 10.1 Å². The van der Waals surface area contributed by atoms with Crippen LogP contribution in [0.4, 0.5) is 9.52 Å². The lowest BCUT2D eigenvalue weighted by Gasteiger charge is -2.13. The lowest BCUT2D eigenvalue weighted by atomic mass is 10.1. The molecule has 0 radical (unpaired) electrons. The molecule has 0 bridgehead atoms. The molecule has 2 heterocycles. The Labute approximate surface area is 208 Å². The first-order chi connectivity index (χ1) is 15.9. The molecule has 5 nitrogen and oxygen atoms in total. The van der Waals surface area contributed by atoms with Crippen molar-refractivity contribution in [3.63, 3.8) is 0 Å². The molecule has 0 unspecified atom stereocenters. The molecule has 0 spiro atoms. The van der Waals surface area contributed by atoms with Gasteiger partial charge in [0.05, 0.1) is 4.91 Å². The van der Waals surface area contributed by atoms with Crippen molar-refractivity contribution in [3.8, 4) is 0 Å². The first kappa shape index (κ1) is 23.6. The van der Waals surface area contributed by atoms with E-state index in [1.54, 1.807) is 24.4 Å². The highest BCUT2D eigenvalue weighted by atomic mass is 35.5. The smallest absolute Gasteiger partial charge is 0.266 e. The number of thiazole rings is 1. The number of thiocarbonyl (C=S) groups is 1. The number of aromatic nitrogens is 1. The molecule has 10 heteroatoms. The number of thioether (sulfide) groups is 1. The number of rotatable bonds is 7. The molecular formula is C23H17ClFN3O2S3. The van der Waals surface area contributed by atoms with Gasteiger partial charge in [-0.2, -0.15) is 0 Å². The maximum absolute atomic E-state index is 13.9. The highest BCUT2D eigenvalue weighted by Crippen LogP contribution is 2.33. The van der Waals surface area contributed by atoms with Gasteiger partial charge in [0.25, 0.3) is 5.91 Å². The van der Waals surface area contributed by atoms with Crippen molar-refractivity contribution in [2.45, 2.75) is 12.8 Å². The standard InChI is InChI=1S/C23H17ClFN3O2S3/c24-16-7-5-14(6-8-16)11-17-13-26-22(32-17)27-20(29)9-10-28-21(30)19(33-23(28)31)12-15-3-1-2-4-18(15)25/h1-8,12-13H,9-11H2,(H,26,27,29)/b19-12+. The molecule has 2 amide bonds. The zero-order valence-electron chi connectivity index (χ0n) is 17.1. The second-order valence-electron chi connectivity index (χ2n) is 7.09. The molecule has 1 aliphatic heterocycles. The molecule has 33 heavy (non-hydrogen) atoms. The number of halogens is 2. The summed E-state index contributed by atoms with van der Waals surface area (Å²) < 4.78 is 14.2.